The molecule has 3 rings (SSSR count). The molecule has 1 amide bonds. The third kappa shape index (κ3) is 3.73. The molecule has 1 aromatic heterocycles. The summed E-state index contributed by atoms with van der Waals surface area (Å²) in [5.41, 5.74) is 0.377. The molecule has 5 nitrogen and oxygen atoms in total. The van der Waals surface area contributed by atoms with Gasteiger partial charge in [0.1, 0.15) is 17.3 Å². The van der Waals surface area contributed by atoms with Gasteiger partial charge in [0.05, 0.1) is 6.04 Å². The number of piperidine rings is 1. The number of hydrogen-bond acceptors (Lipinski definition) is 3. The number of rotatable bonds is 4. The Bertz CT molecular complexity index is 695. The summed E-state index contributed by atoms with van der Waals surface area (Å²) in [5.74, 6) is -1.49. The van der Waals surface area contributed by atoms with Crippen molar-refractivity contribution >= 4 is 5.91 Å². The smallest absolute Gasteiger partial charge is 0.272 e. The Hall–Kier alpha value is -2.28. The Morgan fingerprint density at radius 2 is 2.26 bits per heavy atom. The summed E-state index contributed by atoms with van der Waals surface area (Å²) in [6, 6.07) is 5.03. The van der Waals surface area contributed by atoms with Crippen LogP contribution in [0.1, 0.15) is 34.9 Å². The average Bonchev–Trinajstić information content (AvgIpc) is 3.06. The highest BCUT2D eigenvalue weighted by Crippen LogP contribution is 2.16. The highest BCUT2D eigenvalue weighted by molar-refractivity contribution is 5.92. The monoisotopic (exact) mass is 320 g/mol. The summed E-state index contributed by atoms with van der Waals surface area (Å²) in [7, 11) is 0. The molecule has 1 aromatic carbocycles. The Kier molecular flexibility index (Phi) is 4.66. The summed E-state index contributed by atoms with van der Waals surface area (Å²) in [6.45, 7) is 1.75. The molecule has 1 aliphatic rings. The van der Waals surface area contributed by atoms with Gasteiger partial charge in [-0.25, -0.2) is 8.78 Å². The molecule has 0 aliphatic carbocycles. The Labute approximate surface area is 132 Å². The fraction of sp³-hybridized carbons (Fsp3) is 0.375. The van der Waals surface area contributed by atoms with Gasteiger partial charge in [-0.05, 0) is 43.7 Å². The third-order valence-corrected chi connectivity index (χ3v) is 3.93. The SMILES string of the molecule is O=C(NCc1cc(F)ccc1F)c1ccn(C2CCCNC2)n1. The number of amides is 1. The fourth-order valence-corrected chi connectivity index (χ4v) is 2.67. The minimum atomic E-state index is -0.550. The van der Waals surface area contributed by atoms with Crippen molar-refractivity contribution in [1.82, 2.24) is 20.4 Å². The van der Waals surface area contributed by atoms with Gasteiger partial charge in [-0.15, -0.1) is 0 Å². The van der Waals surface area contributed by atoms with Crippen LogP contribution in [-0.4, -0.2) is 28.8 Å². The van der Waals surface area contributed by atoms with Crippen LogP contribution in [0.3, 0.4) is 0 Å². The second-order valence-electron chi connectivity index (χ2n) is 5.60. The number of hydrogen-bond donors (Lipinski definition) is 2. The zero-order valence-electron chi connectivity index (χ0n) is 12.6. The van der Waals surface area contributed by atoms with Gasteiger partial charge in [-0.1, -0.05) is 0 Å². The van der Waals surface area contributed by atoms with Crippen LogP contribution >= 0.6 is 0 Å². The van der Waals surface area contributed by atoms with Gasteiger partial charge in [0.2, 0.25) is 0 Å². The molecule has 1 atom stereocenters. The molecule has 1 fully saturated rings. The minimum Gasteiger partial charge on any atom is -0.346 e. The molecule has 1 aliphatic heterocycles. The summed E-state index contributed by atoms with van der Waals surface area (Å²) >= 11 is 0. The van der Waals surface area contributed by atoms with Crippen LogP contribution in [0.2, 0.25) is 0 Å². The van der Waals surface area contributed by atoms with Crippen LogP contribution in [0.5, 0.6) is 0 Å². The first-order chi connectivity index (χ1) is 11.1. The van der Waals surface area contributed by atoms with Crippen LogP contribution in [0.25, 0.3) is 0 Å². The van der Waals surface area contributed by atoms with Crippen molar-refractivity contribution in [2.75, 3.05) is 13.1 Å². The van der Waals surface area contributed by atoms with Crippen molar-refractivity contribution in [3.63, 3.8) is 0 Å². The Morgan fingerprint density at radius 1 is 1.39 bits per heavy atom. The predicted molar refractivity (Wildman–Crippen MR) is 80.9 cm³/mol. The van der Waals surface area contributed by atoms with Gasteiger partial charge in [0.25, 0.3) is 5.91 Å². The van der Waals surface area contributed by atoms with E-state index >= 15 is 0 Å². The van der Waals surface area contributed by atoms with Crippen molar-refractivity contribution < 1.29 is 13.6 Å². The van der Waals surface area contributed by atoms with E-state index in [0.717, 1.165) is 44.1 Å². The number of benzene rings is 1. The lowest BCUT2D eigenvalue weighted by Gasteiger charge is -2.22. The van der Waals surface area contributed by atoms with Gasteiger partial charge in [0.15, 0.2) is 0 Å². The van der Waals surface area contributed by atoms with Crippen LogP contribution in [0, 0.1) is 11.6 Å². The maximum absolute atomic E-state index is 13.5. The highest BCUT2D eigenvalue weighted by atomic mass is 19.1. The van der Waals surface area contributed by atoms with E-state index in [9.17, 15) is 13.6 Å². The number of carbonyl (C=O) groups excluding carboxylic acids is 1. The largest absolute Gasteiger partial charge is 0.346 e. The quantitative estimate of drug-likeness (QED) is 0.906. The van der Waals surface area contributed by atoms with E-state index < -0.39 is 17.5 Å². The van der Waals surface area contributed by atoms with Crippen LogP contribution in [0.4, 0.5) is 8.78 Å². The summed E-state index contributed by atoms with van der Waals surface area (Å²) in [4.78, 5) is 12.1. The number of halogens is 2. The van der Waals surface area contributed by atoms with Crippen molar-refractivity contribution in [1.29, 1.82) is 0 Å². The second-order valence-corrected chi connectivity index (χ2v) is 5.60. The summed E-state index contributed by atoms with van der Waals surface area (Å²) in [6.07, 6.45) is 3.87. The molecular formula is C16H18F2N4O. The first-order valence-electron chi connectivity index (χ1n) is 7.61. The van der Waals surface area contributed by atoms with Gasteiger partial charge in [0, 0.05) is 24.8 Å². The first-order valence-corrected chi connectivity index (χ1v) is 7.61. The fourth-order valence-electron chi connectivity index (χ4n) is 2.67. The van der Waals surface area contributed by atoms with Gasteiger partial charge < -0.3 is 10.6 Å². The molecule has 0 radical (unpaired) electrons. The van der Waals surface area contributed by atoms with Crippen LogP contribution in [-0.2, 0) is 6.54 Å². The Morgan fingerprint density at radius 3 is 3.04 bits per heavy atom. The van der Waals surface area contributed by atoms with Crippen molar-refractivity contribution in [3.8, 4) is 0 Å². The molecule has 23 heavy (non-hydrogen) atoms. The molecule has 2 aromatic rings. The lowest BCUT2D eigenvalue weighted by atomic mass is 10.1. The first kappa shape index (κ1) is 15.6. The molecule has 122 valence electrons. The zero-order chi connectivity index (χ0) is 16.2. The molecule has 0 bridgehead atoms. The highest BCUT2D eigenvalue weighted by Gasteiger charge is 2.17. The molecule has 2 N–H and O–H groups in total. The lowest BCUT2D eigenvalue weighted by Crippen LogP contribution is -2.32. The topological polar surface area (TPSA) is 59.0 Å². The zero-order valence-corrected chi connectivity index (χ0v) is 12.6. The van der Waals surface area contributed by atoms with E-state index in [1.807, 2.05) is 0 Å². The van der Waals surface area contributed by atoms with Crippen molar-refractivity contribution in [2.24, 2.45) is 0 Å². The standard InChI is InChI=1S/C16H18F2N4O/c17-12-3-4-14(18)11(8-12)9-20-16(23)15-5-7-22(21-15)13-2-1-6-19-10-13/h3-5,7-8,13,19H,1-2,6,9-10H2,(H,20,23). The average molecular weight is 320 g/mol. The summed E-state index contributed by atoms with van der Waals surface area (Å²) < 4.78 is 28.4. The van der Waals surface area contributed by atoms with Gasteiger partial charge in [-0.2, -0.15) is 5.10 Å². The maximum atomic E-state index is 13.5. The van der Waals surface area contributed by atoms with E-state index in [4.69, 9.17) is 0 Å². The normalized spacial score (nSPS) is 17.9. The molecule has 0 saturated carbocycles. The Balaban J connectivity index is 1.62. The van der Waals surface area contributed by atoms with E-state index in [1.54, 1.807) is 16.9 Å². The lowest BCUT2D eigenvalue weighted by molar-refractivity contribution is 0.0944. The van der Waals surface area contributed by atoms with E-state index in [-0.39, 0.29) is 23.8 Å². The second kappa shape index (κ2) is 6.87. The van der Waals surface area contributed by atoms with E-state index in [0.29, 0.717) is 0 Å². The van der Waals surface area contributed by atoms with Gasteiger partial charge >= 0.3 is 0 Å². The molecule has 7 heteroatoms. The number of carbonyl (C=O) groups is 1. The van der Waals surface area contributed by atoms with E-state index in [1.165, 1.54) is 0 Å². The number of nitrogens with zero attached hydrogens (tertiary/aromatic N) is 2. The molecule has 1 saturated heterocycles. The summed E-state index contributed by atoms with van der Waals surface area (Å²) in [5, 5.41) is 10.1. The van der Waals surface area contributed by atoms with Gasteiger partial charge in [-0.3, -0.25) is 9.48 Å². The molecular weight excluding hydrogens is 302 g/mol. The van der Waals surface area contributed by atoms with Crippen molar-refractivity contribution in [2.45, 2.75) is 25.4 Å². The van der Waals surface area contributed by atoms with Crippen LogP contribution in [0.15, 0.2) is 30.5 Å². The minimum absolute atomic E-state index is 0.0831. The number of aromatic nitrogens is 2. The molecule has 1 unspecified atom stereocenters. The molecule has 0 spiro atoms. The molecule has 2 heterocycles. The maximum Gasteiger partial charge on any atom is 0.272 e. The van der Waals surface area contributed by atoms with E-state index in [2.05, 4.69) is 15.7 Å². The predicted octanol–water partition coefficient (Wildman–Crippen LogP) is 2.02. The van der Waals surface area contributed by atoms with Crippen LogP contribution < -0.4 is 10.6 Å². The number of nitrogens with one attached hydrogen (secondary N) is 2. The third-order valence-electron chi connectivity index (χ3n) is 3.93. The van der Waals surface area contributed by atoms with Crippen molar-refractivity contribution in [3.05, 3.63) is 53.4 Å².